The molecule has 0 saturated carbocycles. The van der Waals surface area contributed by atoms with Gasteiger partial charge in [0.2, 0.25) is 15.9 Å². The van der Waals surface area contributed by atoms with E-state index in [1.807, 2.05) is 42.5 Å². The van der Waals surface area contributed by atoms with Crippen LogP contribution in [0, 0.1) is 6.92 Å². The molecule has 1 amide bonds. The van der Waals surface area contributed by atoms with Crippen LogP contribution in [-0.2, 0) is 20.6 Å². The lowest BCUT2D eigenvalue weighted by Gasteiger charge is -2.24. The number of amides is 1. The third kappa shape index (κ3) is 6.65. The van der Waals surface area contributed by atoms with E-state index in [9.17, 15) is 13.2 Å². The normalized spacial score (nSPS) is 11.2. The molecule has 0 heterocycles. The van der Waals surface area contributed by atoms with Gasteiger partial charge in [0.05, 0.1) is 17.6 Å². The number of hydrogen-bond donors (Lipinski definition) is 1. The van der Waals surface area contributed by atoms with Crippen molar-refractivity contribution in [1.29, 1.82) is 0 Å². The minimum Gasteiger partial charge on any atom is -0.323 e. The molecule has 1 N–H and O–H groups in total. The molecule has 0 radical (unpaired) electrons. The highest BCUT2D eigenvalue weighted by Crippen LogP contribution is 2.31. The molecular formula is C23H22Cl2N2O3S2. The van der Waals surface area contributed by atoms with Crippen LogP contribution < -0.4 is 9.62 Å². The van der Waals surface area contributed by atoms with Crippen LogP contribution in [0.1, 0.15) is 11.1 Å². The van der Waals surface area contributed by atoms with Crippen LogP contribution in [-0.4, -0.2) is 27.1 Å². The number of benzene rings is 3. The molecule has 0 atom stereocenters. The first-order chi connectivity index (χ1) is 15.1. The third-order valence-corrected chi connectivity index (χ3v) is 7.34. The topological polar surface area (TPSA) is 66.5 Å². The van der Waals surface area contributed by atoms with E-state index in [0.29, 0.717) is 32.7 Å². The summed E-state index contributed by atoms with van der Waals surface area (Å²) in [6, 6.07) is 19.9. The number of nitrogens with zero attached hydrogens (tertiary/aromatic N) is 1. The number of rotatable bonds is 8. The summed E-state index contributed by atoms with van der Waals surface area (Å²) in [6.45, 7) is 1.40. The first kappa shape index (κ1) is 24.5. The van der Waals surface area contributed by atoms with E-state index in [-0.39, 0.29) is 6.54 Å². The second-order valence-corrected chi connectivity index (χ2v) is 11.0. The monoisotopic (exact) mass is 508 g/mol. The summed E-state index contributed by atoms with van der Waals surface area (Å²) in [5.74, 6) is 0.257. The van der Waals surface area contributed by atoms with Crippen molar-refractivity contribution in [3.05, 3.63) is 87.9 Å². The molecule has 0 aliphatic heterocycles. The highest BCUT2D eigenvalue weighted by molar-refractivity contribution is 7.98. The Morgan fingerprint density at radius 3 is 2.31 bits per heavy atom. The maximum absolute atomic E-state index is 12.8. The van der Waals surface area contributed by atoms with Crippen LogP contribution in [0.4, 0.5) is 11.4 Å². The fraction of sp³-hybridized carbons (Fsp3) is 0.174. The molecule has 5 nitrogen and oxygen atoms in total. The molecule has 0 unspecified atom stereocenters. The number of sulfonamides is 1. The smallest absolute Gasteiger partial charge is 0.245 e. The predicted molar refractivity (Wildman–Crippen MR) is 134 cm³/mol. The van der Waals surface area contributed by atoms with Crippen molar-refractivity contribution >= 4 is 62.3 Å². The molecule has 3 rings (SSSR count). The molecule has 32 heavy (non-hydrogen) atoms. The van der Waals surface area contributed by atoms with Crippen LogP contribution in [0.5, 0.6) is 0 Å². The molecule has 0 aliphatic carbocycles. The van der Waals surface area contributed by atoms with E-state index >= 15 is 0 Å². The Kier molecular flexibility index (Phi) is 8.11. The Bertz CT molecular complexity index is 1220. The molecule has 0 bridgehead atoms. The van der Waals surface area contributed by atoms with Gasteiger partial charge in [0.1, 0.15) is 6.54 Å². The van der Waals surface area contributed by atoms with Crippen LogP contribution in [0.25, 0.3) is 0 Å². The van der Waals surface area contributed by atoms with E-state index in [1.165, 1.54) is 0 Å². The zero-order chi connectivity index (χ0) is 23.3. The fourth-order valence-electron chi connectivity index (χ4n) is 3.04. The minimum atomic E-state index is -3.69. The Hall–Kier alpha value is -2.19. The molecule has 0 aliphatic rings. The number of para-hydroxylation sites is 1. The second kappa shape index (κ2) is 10.6. The Labute approximate surface area is 202 Å². The number of halogens is 2. The Morgan fingerprint density at radius 2 is 1.66 bits per heavy atom. The quantitative estimate of drug-likeness (QED) is 0.379. The minimum absolute atomic E-state index is 0.350. The summed E-state index contributed by atoms with van der Waals surface area (Å²) < 4.78 is 25.9. The maximum atomic E-state index is 12.8. The molecule has 3 aromatic rings. The third-order valence-electron chi connectivity index (χ3n) is 4.58. The Balaban J connectivity index is 1.75. The highest BCUT2D eigenvalue weighted by Gasteiger charge is 2.23. The average Bonchev–Trinajstić information content (AvgIpc) is 2.72. The number of aryl methyl sites for hydroxylation is 1. The van der Waals surface area contributed by atoms with Gasteiger partial charge in [0.15, 0.2) is 0 Å². The van der Waals surface area contributed by atoms with Gasteiger partial charge in [-0.25, -0.2) is 8.42 Å². The van der Waals surface area contributed by atoms with E-state index in [4.69, 9.17) is 23.2 Å². The first-order valence-electron chi connectivity index (χ1n) is 9.63. The van der Waals surface area contributed by atoms with E-state index in [1.54, 1.807) is 43.0 Å². The molecule has 0 aromatic heterocycles. The van der Waals surface area contributed by atoms with Gasteiger partial charge in [0, 0.05) is 20.7 Å². The largest absolute Gasteiger partial charge is 0.323 e. The van der Waals surface area contributed by atoms with Crippen LogP contribution >= 0.6 is 35.0 Å². The van der Waals surface area contributed by atoms with Gasteiger partial charge in [0.25, 0.3) is 0 Å². The van der Waals surface area contributed by atoms with Gasteiger partial charge in [-0.3, -0.25) is 9.10 Å². The van der Waals surface area contributed by atoms with Crippen molar-refractivity contribution in [2.75, 3.05) is 22.4 Å². The lowest BCUT2D eigenvalue weighted by molar-refractivity contribution is -0.114. The maximum Gasteiger partial charge on any atom is 0.245 e. The first-order valence-corrected chi connectivity index (χ1v) is 13.2. The number of anilines is 2. The van der Waals surface area contributed by atoms with Crippen LogP contribution in [0.15, 0.2) is 71.6 Å². The van der Waals surface area contributed by atoms with E-state index < -0.39 is 15.9 Å². The molecule has 168 valence electrons. The summed E-state index contributed by atoms with van der Waals surface area (Å²) in [5, 5.41) is 4.02. The predicted octanol–water partition coefficient (Wildman–Crippen LogP) is 6.00. The van der Waals surface area contributed by atoms with Gasteiger partial charge >= 0.3 is 0 Å². The van der Waals surface area contributed by atoms with Gasteiger partial charge in [-0.2, -0.15) is 0 Å². The zero-order valence-corrected chi connectivity index (χ0v) is 20.7. The van der Waals surface area contributed by atoms with Crippen molar-refractivity contribution in [1.82, 2.24) is 0 Å². The van der Waals surface area contributed by atoms with Gasteiger partial charge in [-0.05, 0) is 60.5 Å². The van der Waals surface area contributed by atoms with Gasteiger partial charge in [-0.15, -0.1) is 11.8 Å². The van der Waals surface area contributed by atoms with Crippen molar-refractivity contribution in [3.8, 4) is 0 Å². The Morgan fingerprint density at radius 1 is 1.00 bits per heavy atom. The van der Waals surface area contributed by atoms with Crippen molar-refractivity contribution in [3.63, 3.8) is 0 Å². The number of nitrogens with one attached hydrogen (secondary N) is 1. The summed E-state index contributed by atoms with van der Waals surface area (Å²) in [5.41, 5.74) is 2.80. The zero-order valence-electron chi connectivity index (χ0n) is 17.5. The summed E-state index contributed by atoms with van der Waals surface area (Å²) in [4.78, 5) is 13.7. The van der Waals surface area contributed by atoms with Crippen molar-refractivity contribution < 1.29 is 13.2 Å². The number of hydrogen-bond acceptors (Lipinski definition) is 4. The lowest BCUT2D eigenvalue weighted by Crippen LogP contribution is -2.37. The molecule has 0 spiro atoms. The number of carbonyl (C=O) groups is 1. The number of thioether (sulfide) groups is 1. The average molecular weight is 509 g/mol. The summed E-state index contributed by atoms with van der Waals surface area (Å²) in [7, 11) is -3.69. The van der Waals surface area contributed by atoms with Crippen LogP contribution in [0.2, 0.25) is 10.0 Å². The summed E-state index contributed by atoms with van der Waals surface area (Å²) in [6.07, 6.45) is 1.07. The van der Waals surface area contributed by atoms with Crippen molar-refractivity contribution in [2.24, 2.45) is 0 Å². The molecule has 3 aromatic carbocycles. The standard InChI is InChI=1S/C23H22Cl2N2O3S2/c1-16-13-19(25)11-12-21(16)27(32(2,29)30)14-23(28)26-20-5-3-4-6-22(20)31-15-17-7-9-18(24)10-8-17/h3-13H,14-15H2,1-2H3,(H,26,28). The van der Waals surface area contributed by atoms with E-state index in [2.05, 4.69) is 5.32 Å². The molecule has 0 fully saturated rings. The molecular weight excluding hydrogens is 487 g/mol. The fourth-order valence-corrected chi connectivity index (χ4v) is 5.27. The molecule has 0 saturated heterocycles. The van der Waals surface area contributed by atoms with Gasteiger partial charge < -0.3 is 5.32 Å². The lowest BCUT2D eigenvalue weighted by atomic mass is 10.2. The summed E-state index contributed by atoms with van der Waals surface area (Å²) >= 11 is 13.5. The van der Waals surface area contributed by atoms with E-state index in [0.717, 1.165) is 21.0 Å². The number of carbonyl (C=O) groups excluding carboxylic acids is 1. The highest BCUT2D eigenvalue weighted by atomic mass is 35.5. The second-order valence-electron chi connectivity index (χ2n) is 7.16. The SMILES string of the molecule is Cc1cc(Cl)ccc1N(CC(=O)Nc1ccccc1SCc1ccc(Cl)cc1)S(C)(=O)=O. The van der Waals surface area contributed by atoms with Gasteiger partial charge in [-0.1, -0.05) is 47.5 Å². The molecule has 9 heteroatoms. The van der Waals surface area contributed by atoms with Crippen molar-refractivity contribution in [2.45, 2.75) is 17.6 Å². The van der Waals surface area contributed by atoms with Crippen LogP contribution in [0.3, 0.4) is 0 Å².